The molecule has 8 aromatic rings. The second kappa shape index (κ2) is 17.5. The maximum absolute atomic E-state index is 13.3. The van der Waals surface area contributed by atoms with Gasteiger partial charge in [-0.25, -0.2) is 4.79 Å². The summed E-state index contributed by atoms with van der Waals surface area (Å²) in [5.41, 5.74) is 8.21. The summed E-state index contributed by atoms with van der Waals surface area (Å²) in [4.78, 5) is 42.0. The molecule has 290 valence electrons. The van der Waals surface area contributed by atoms with Crippen molar-refractivity contribution in [3.63, 3.8) is 0 Å². The highest BCUT2D eigenvalue weighted by Gasteiger charge is 2.24. The van der Waals surface area contributed by atoms with E-state index in [2.05, 4.69) is 63.4 Å². The Kier molecular flexibility index (Phi) is 11.9. The molecule has 0 aliphatic rings. The summed E-state index contributed by atoms with van der Waals surface area (Å²) in [6.45, 7) is 10.0. The zero-order valence-corrected chi connectivity index (χ0v) is 35.7. The summed E-state index contributed by atoms with van der Waals surface area (Å²) in [5, 5.41) is 3.48. The molecule has 0 radical (unpaired) electrons. The summed E-state index contributed by atoms with van der Waals surface area (Å²) in [5.74, 6) is 0.743. The molecule has 4 aromatic carbocycles. The van der Waals surface area contributed by atoms with Gasteiger partial charge in [-0.3, -0.25) is 14.6 Å². The van der Waals surface area contributed by atoms with E-state index in [1.54, 1.807) is 34.0 Å². The fourth-order valence-corrected chi connectivity index (χ4v) is 12.1. The molecule has 5 nitrogen and oxygen atoms in total. The molecule has 9 heteroatoms. The molecule has 0 amide bonds. The van der Waals surface area contributed by atoms with E-state index in [-0.39, 0.29) is 5.78 Å². The van der Waals surface area contributed by atoms with Gasteiger partial charge in [-0.05, 0) is 96.6 Å². The van der Waals surface area contributed by atoms with E-state index < -0.39 is 5.97 Å². The van der Waals surface area contributed by atoms with Crippen molar-refractivity contribution in [1.82, 2.24) is 0 Å². The molecule has 0 aliphatic carbocycles. The van der Waals surface area contributed by atoms with Crippen molar-refractivity contribution in [3.05, 3.63) is 142 Å². The number of fused-ring (bicyclic) bond motifs is 4. The van der Waals surface area contributed by atoms with Crippen molar-refractivity contribution in [1.29, 1.82) is 0 Å². The number of Topliss-reactive ketones (excluding diaryl/α,β-unsaturated/α-hetero) is 1. The van der Waals surface area contributed by atoms with Gasteiger partial charge in [0.15, 0.2) is 17.8 Å². The number of hydrogen-bond donors (Lipinski definition) is 0. The Hall–Kier alpha value is -5.54. The van der Waals surface area contributed by atoms with Gasteiger partial charge in [0.05, 0.1) is 23.9 Å². The maximum atomic E-state index is 13.3. The zero-order chi connectivity index (χ0) is 40.2. The van der Waals surface area contributed by atoms with Gasteiger partial charge in [-0.15, -0.1) is 45.3 Å². The Balaban J connectivity index is 1.22. The molecule has 0 N–H and O–H groups in total. The van der Waals surface area contributed by atoms with Gasteiger partial charge in [0.25, 0.3) is 0 Å². The normalized spacial score (nSPS) is 11.2. The number of ether oxygens (including phenoxy) is 1. The number of aryl methyl sites for hydroxylation is 2. The van der Waals surface area contributed by atoms with E-state index in [1.165, 1.54) is 50.6 Å². The Morgan fingerprint density at radius 2 is 1.41 bits per heavy atom. The molecule has 0 saturated heterocycles. The Labute approximate surface area is 353 Å². The molecule has 58 heavy (non-hydrogen) atoms. The number of hydrogen-bond acceptors (Lipinski definition) is 9. The lowest BCUT2D eigenvalue weighted by Gasteiger charge is -2.15. The van der Waals surface area contributed by atoms with Crippen LogP contribution < -0.4 is 9.62 Å². The van der Waals surface area contributed by atoms with E-state index in [1.807, 2.05) is 84.1 Å². The van der Waals surface area contributed by atoms with Gasteiger partial charge in [0.2, 0.25) is 0 Å². The molecule has 0 atom stereocenters. The van der Waals surface area contributed by atoms with E-state index in [9.17, 15) is 9.59 Å². The van der Waals surface area contributed by atoms with Crippen LogP contribution in [0.5, 0.6) is 11.5 Å². The number of rotatable bonds is 15. The summed E-state index contributed by atoms with van der Waals surface area (Å²) >= 11 is 7.06. The molecule has 0 fully saturated rings. The molecule has 0 bridgehead atoms. The van der Waals surface area contributed by atoms with Crippen LogP contribution in [0.2, 0.25) is 0 Å². The van der Waals surface area contributed by atoms with Crippen molar-refractivity contribution in [2.75, 3.05) is 0 Å². The molecule has 0 saturated carbocycles. The van der Waals surface area contributed by atoms with Crippen LogP contribution in [-0.2, 0) is 9.68 Å². The first-order valence-corrected chi connectivity index (χ1v) is 22.5. The summed E-state index contributed by atoms with van der Waals surface area (Å²) in [6.07, 6.45) is 9.31. The highest BCUT2D eigenvalue weighted by Crippen LogP contribution is 2.53. The lowest BCUT2D eigenvalue weighted by Crippen LogP contribution is -2.02. The maximum Gasteiger partial charge on any atom is 0.335 e. The lowest BCUT2D eigenvalue weighted by molar-refractivity contribution is -0.148. The van der Waals surface area contributed by atoms with Crippen LogP contribution in [0.15, 0.2) is 122 Å². The fourth-order valence-electron chi connectivity index (χ4n) is 7.12. The third-order valence-corrected chi connectivity index (χ3v) is 14.9. The highest BCUT2D eigenvalue weighted by molar-refractivity contribution is 7.33. The van der Waals surface area contributed by atoms with Gasteiger partial charge < -0.3 is 4.74 Å². The second-order valence-electron chi connectivity index (χ2n) is 14.0. The topological polar surface area (TPSA) is 61.8 Å². The summed E-state index contributed by atoms with van der Waals surface area (Å²) < 4.78 is 9.09. The second-order valence-corrected chi connectivity index (χ2v) is 18.6. The van der Waals surface area contributed by atoms with Crippen LogP contribution in [0.1, 0.15) is 64.0 Å². The number of carbonyl (C=O) groups excluding carboxylic acids is 2. The lowest BCUT2D eigenvalue weighted by atomic mass is 9.89. The third-order valence-electron chi connectivity index (χ3n) is 9.89. The van der Waals surface area contributed by atoms with Crippen molar-refractivity contribution in [2.45, 2.75) is 52.9 Å². The van der Waals surface area contributed by atoms with E-state index in [0.717, 1.165) is 69.8 Å². The molecule has 0 aliphatic heterocycles. The van der Waals surface area contributed by atoms with Crippen LogP contribution >= 0.6 is 45.3 Å². The standard InChI is InChI=1S/C49H40O5S4/c1-5-7-8-12-17-40(50)41-28-37-31(4)56-49(46(37)57-41)42-29-39-45(33-18-22-35(23-19-33)53-43(51)6-2)44(38-27-30(3)55-47(38)48(39)58-42)34-20-24-36(25-21-34)54-52-26-13-16-32-14-10-9-11-15-32/h6,9-11,14-16,18-29H,2,5,7-8,12,17H2,1,3-4H3. The van der Waals surface area contributed by atoms with Crippen molar-refractivity contribution in [3.8, 4) is 43.5 Å². The Morgan fingerprint density at radius 1 is 0.724 bits per heavy atom. The number of benzene rings is 4. The average Bonchev–Trinajstić information content (AvgIpc) is 4.03. The minimum absolute atomic E-state index is 0.244. The molecular formula is C49H40O5S4. The molecule has 4 heterocycles. The van der Waals surface area contributed by atoms with Crippen molar-refractivity contribution < 1.29 is 24.1 Å². The van der Waals surface area contributed by atoms with Gasteiger partial charge >= 0.3 is 5.97 Å². The first kappa shape index (κ1) is 39.3. The van der Waals surface area contributed by atoms with Crippen LogP contribution in [0.25, 0.3) is 68.3 Å². The summed E-state index contributed by atoms with van der Waals surface area (Å²) in [7, 11) is 0. The number of ketones is 1. The molecule has 8 rings (SSSR count). The van der Waals surface area contributed by atoms with E-state index in [0.29, 0.717) is 17.9 Å². The van der Waals surface area contributed by atoms with E-state index in [4.69, 9.17) is 14.5 Å². The highest BCUT2D eigenvalue weighted by atomic mass is 32.1. The Bertz CT molecular complexity index is 2840. The van der Waals surface area contributed by atoms with Crippen molar-refractivity contribution >= 4 is 93.4 Å². The first-order chi connectivity index (χ1) is 28.3. The fraction of sp³-hybridized carbons (Fsp3) is 0.163. The monoisotopic (exact) mass is 836 g/mol. The number of unbranched alkanes of at least 4 members (excludes halogenated alkanes) is 3. The molecule has 0 unspecified atom stereocenters. The predicted molar refractivity (Wildman–Crippen MR) is 246 cm³/mol. The van der Waals surface area contributed by atoms with E-state index >= 15 is 0 Å². The first-order valence-electron chi connectivity index (χ1n) is 19.2. The number of thiophene rings is 4. The molecular weight excluding hydrogens is 797 g/mol. The minimum Gasteiger partial charge on any atom is -0.423 e. The largest absolute Gasteiger partial charge is 0.423 e. The third kappa shape index (κ3) is 8.23. The smallest absolute Gasteiger partial charge is 0.335 e. The van der Waals surface area contributed by atoms with Gasteiger partial charge in [-0.2, -0.15) is 0 Å². The Morgan fingerprint density at radius 3 is 2.12 bits per heavy atom. The minimum atomic E-state index is -0.505. The number of carbonyl (C=O) groups is 2. The molecule has 0 spiro atoms. The van der Waals surface area contributed by atoms with Crippen molar-refractivity contribution in [2.24, 2.45) is 0 Å². The van der Waals surface area contributed by atoms with Gasteiger partial charge in [0, 0.05) is 43.3 Å². The van der Waals surface area contributed by atoms with Gasteiger partial charge in [-0.1, -0.05) is 93.1 Å². The van der Waals surface area contributed by atoms with Crippen LogP contribution in [0, 0.1) is 13.8 Å². The van der Waals surface area contributed by atoms with Crippen LogP contribution in [0.3, 0.4) is 0 Å². The van der Waals surface area contributed by atoms with Crippen LogP contribution in [0.4, 0.5) is 0 Å². The zero-order valence-electron chi connectivity index (χ0n) is 32.4. The average molecular weight is 837 g/mol. The summed E-state index contributed by atoms with van der Waals surface area (Å²) in [6, 6.07) is 32.2. The van der Waals surface area contributed by atoms with Gasteiger partial charge in [0.1, 0.15) is 5.75 Å². The van der Waals surface area contributed by atoms with Crippen LogP contribution in [-0.4, -0.2) is 11.8 Å². The SMILES string of the molecule is C=CC(=O)Oc1ccc(-c2c(-c3ccc(OOC=C=Cc4ccccc4)cc3)c3cc(C)sc3c3sc(-c4sc(C)c5cc(C(=O)CCCCCC)sc45)cc23)cc1. The quantitative estimate of drug-likeness (QED) is 0.0118. The molecule has 4 aromatic heterocycles. The predicted octanol–water partition coefficient (Wildman–Crippen LogP) is 15.4. The number of esters is 1.